The Labute approximate surface area is 118 Å². The SMILES string of the molecule is CCCc1nc(C(N)c2cc(F)cc(C(F)(F)F)c2)no1. The molecule has 114 valence electrons. The molecule has 2 rings (SSSR count). The topological polar surface area (TPSA) is 64.9 Å². The minimum absolute atomic E-state index is 0.0252. The third-order valence-electron chi connectivity index (χ3n) is 2.83. The zero-order valence-corrected chi connectivity index (χ0v) is 11.1. The molecular formula is C13H13F4N3O. The van der Waals surface area contributed by atoms with Crippen LogP contribution < -0.4 is 5.73 Å². The molecule has 2 aromatic rings. The monoisotopic (exact) mass is 303 g/mol. The van der Waals surface area contributed by atoms with E-state index in [2.05, 4.69) is 10.1 Å². The molecule has 0 aliphatic heterocycles. The van der Waals surface area contributed by atoms with Crippen LogP contribution in [-0.2, 0) is 12.6 Å². The second-order valence-corrected chi connectivity index (χ2v) is 4.54. The van der Waals surface area contributed by atoms with Gasteiger partial charge in [0.2, 0.25) is 5.89 Å². The van der Waals surface area contributed by atoms with E-state index >= 15 is 0 Å². The summed E-state index contributed by atoms with van der Waals surface area (Å²) in [5.74, 6) is -0.653. The van der Waals surface area contributed by atoms with Crippen molar-refractivity contribution in [3.63, 3.8) is 0 Å². The third kappa shape index (κ3) is 3.57. The van der Waals surface area contributed by atoms with Crippen molar-refractivity contribution in [2.45, 2.75) is 32.0 Å². The van der Waals surface area contributed by atoms with E-state index in [9.17, 15) is 17.6 Å². The number of aromatic nitrogens is 2. The predicted molar refractivity (Wildman–Crippen MR) is 65.7 cm³/mol. The van der Waals surface area contributed by atoms with Gasteiger partial charge in [-0.25, -0.2) is 4.39 Å². The Morgan fingerprint density at radius 3 is 2.62 bits per heavy atom. The van der Waals surface area contributed by atoms with Crippen molar-refractivity contribution in [3.05, 3.63) is 46.9 Å². The first-order chi connectivity index (χ1) is 9.81. The summed E-state index contributed by atoms with van der Waals surface area (Å²) in [6.45, 7) is 1.91. The van der Waals surface area contributed by atoms with Gasteiger partial charge in [-0.05, 0) is 30.2 Å². The summed E-state index contributed by atoms with van der Waals surface area (Å²) >= 11 is 0. The normalized spacial score (nSPS) is 13.4. The van der Waals surface area contributed by atoms with E-state index < -0.39 is 23.6 Å². The molecule has 0 spiro atoms. The first-order valence-electron chi connectivity index (χ1n) is 6.27. The van der Waals surface area contributed by atoms with Crippen LogP contribution in [0.15, 0.2) is 22.7 Å². The first kappa shape index (κ1) is 15.4. The first-order valence-corrected chi connectivity index (χ1v) is 6.27. The standard InChI is InChI=1S/C13H13F4N3O/c1-2-3-10-19-12(20-21-10)11(18)7-4-8(13(15,16)17)6-9(14)5-7/h4-6,11H,2-3,18H2,1H3. The number of halogens is 4. The second-order valence-electron chi connectivity index (χ2n) is 4.54. The Kier molecular flexibility index (Phi) is 4.26. The molecule has 4 nitrogen and oxygen atoms in total. The Morgan fingerprint density at radius 2 is 2.00 bits per heavy atom. The highest BCUT2D eigenvalue weighted by Crippen LogP contribution is 2.32. The molecule has 1 atom stereocenters. The number of hydrogen-bond acceptors (Lipinski definition) is 4. The summed E-state index contributed by atoms with van der Waals surface area (Å²) in [6.07, 6.45) is -3.34. The fourth-order valence-electron chi connectivity index (χ4n) is 1.81. The smallest absolute Gasteiger partial charge is 0.339 e. The van der Waals surface area contributed by atoms with Gasteiger partial charge in [0.1, 0.15) is 5.82 Å². The zero-order chi connectivity index (χ0) is 15.6. The predicted octanol–water partition coefficient (Wildman–Crippen LogP) is 3.23. The van der Waals surface area contributed by atoms with Crippen LogP contribution in [-0.4, -0.2) is 10.1 Å². The maximum Gasteiger partial charge on any atom is 0.416 e. The van der Waals surface area contributed by atoms with E-state index in [0.717, 1.165) is 18.6 Å². The van der Waals surface area contributed by atoms with Crippen molar-refractivity contribution >= 4 is 0 Å². The van der Waals surface area contributed by atoms with Gasteiger partial charge in [-0.15, -0.1) is 0 Å². The number of alkyl halides is 3. The molecule has 0 bridgehead atoms. The molecule has 2 N–H and O–H groups in total. The Bertz CT molecular complexity index is 624. The summed E-state index contributed by atoms with van der Waals surface area (Å²) in [4.78, 5) is 3.99. The minimum atomic E-state index is -4.65. The largest absolute Gasteiger partial charge is 0.416 e. The van der Waals surface area contributed by atoms with Gasteiger partial charge >= 0.3 is 6.18 Å². The van der Waals surface area contributed by atoms with E-state index in [-0.39, 0.29) is 11.4 Å². The molecule has 1 aromatic carbocycles. The summed E-state index contributed by atoms with van der Waals surface area (Å²) in [5.41, 5.74) is 4.62. The van der Waals surface area contributed by atoms with Crippen molar-refractivity contribution in [1.29, 1.82) is 0 Å². The Morgan fingerprint density at radius 1 is 1.29 bits per heavy atom. The lowest BCUT2D eigenvalue weighted by molar-refractivity contribution is -0.137. The van der Waals surface area contributed by atoms with Crippen molar-refractivity contribution < 1.29 is 22.1 Å². The average Bonchev–Trinajstić information content (AvgIpc) is 2.85. The van der Waals surface area contributed by atoms with Gasteiger partial charge in [0, 0.05) is 6.42 Å². The second kappa shape index (κ2) is 5.80. The maximum absolute atomic E-state index is 13.3. The molecule has 0 aliphatic carbocycles. The van der Waals surface area contributed by atoms with Gasteiger partial charge in [0.05, 0.1) is 11.6 Å². The number of benzene rings is 1. The van der Waals surface area contributed by atoms with Crippen LogP contribution in [0.4, 0.5) is 17.6 Å². The van der Waals surface area contributed by atoms with Gasteiger partial charge in [-0.2, -0.15) is 18.2 Å². The van der Waals surface area contributed by atoms with Crippen molar-refractivity contribution in [3.8, 4) is 0 Å². The highest BCUT2D eigenvalue weighted by Gasteiger charge is 2.32. The lowest BCUT2D eigenvalue weighted by atomic mass is 10.0. The van der Waals surface area contributed by atoms with Crippen molar-refractivity contribution in [2.75, 3.05) is 0 Å². The highest BCUT2D eigenvalue weighted by molar-refractivity contribution is 5.31. The van der Waals surface area contributed by atoms with E-state index in [4.69, 9.17) is 10.3 Å². The number of aryl methyl sites for hydroxylation is 1. The van der Waals surface area contributed by atoms with Crippen LogP contribution in [0.1, 0.15) is 42.2 Å². The molecule has 0 saturated carbocycles. The van der Waals surface area contributed by atoms with E-state index in [1.807, 2.05) is 6.92 Å². The third-order valence-corrected chi connectivity index (χ3v) is 2.83. The lowest BCUT2D eigenvalue weighted by Gasteiger charge is -2.12. The highest BCUT2D eigenvalue weighted by atomic mass is 19.4. The Hall–Kier alpha value is -1.96. The maximum atomic E-state index is 13.3. The molecule has 21 heavy (non-hydrogen) atoms. The summed E-state index contributed by atoms with van der Waals surface area (Å²) in [5, 5.41) is 3.62. The quantitative estimate of drug-likeness (QED) is 0.881. The van der Waals surface area contributed by atoms with Gasteiger partial charge in [-0.1, -0.05) is 12.1 Å². The lowest BCUT2D eigenvalue weighted by Crippen LogP contribution is -2.16. The molecule has 0 fully saturated rings. The molecule has 0 radical (unpaired) electrons. The molecule has 1 unspecified atom stereocenters. The van der Waals surface area contributed by atoms with Crippen LogP contribution in [0.3, 0.4) is 0 Å². The number of nitrogens with two attached hydrogens (primary N) is 1. The molecule has 0 aliphatic rings. The van der Waals surface area contributed by atoms with Gasteiger partial charge in [-0.3, -0.25) is 0 Å². The van der Waals surface area contributed by atoms with Crippen LogP contribution in [0.5, 0.6) is 0 Å². The summed E-state index contributed by atoms with van der Waals surface area (Å²) in [6, 6.07) is 1.03. The van der Waals surface area contributed by atoms with E-state index in [0.29, 0.717) is 18.4 Å². The zero-order valence-electron chi connectivity index (χ0n) is 11.1. The van der Waals surface area contributed by atoms with E-state index in [1.54, 1.807) is 0 Å². The number of hydrogen-bond donors (Lipinski definition) is 1. The van der Waals surface area contributed by atoms with Crippen LogP contribution in [0, 0.1) is 5.82 Å². The van der Waals surface area contributed by atoms with Crippen LogP contribution in [0.25, 0.3) is 0 Å². The van der Waals surface area contributed by atoms with Gasteiger partial charge < -0.3 is 10.3 Å². The molecule has 0 saturated heterocycles. The van der Waals surface area contributed by atoms with Crippen molar-refractivity contribution in [1.82, 2.24) is 10.1 Å². The summed E-state index contributed by atoms with van der Waals surface area (Å²) in [7, 11) is 0. The molecule has 8 heteroatoms. The minimum Gasteiger partial charge on any atom is -0.339 e. The number of nitrogens with zero attached hydrogens (tertiary/aromatic N) is 2. The average molecular weight is 303 g/mol. The van der Waals surface area contributed by atoms with Crippen molar-refractivity contribution in [2.24, 2.45) is 5.73 Å². The molecule has 0 amide bonds. The fraction of sp³-hybridized carbons (Fsp3) is 0.385. The fourth-order valence-corrected chi connectivity index (χ4v) is 1.81. The van der Waals surface area contributed by atoms with Gasteiger partial charge in [0.25, 0.3) is 0 Å². The Balaban J connectivity index is 2.33. The van der Waals surface area contributed by atoms with Crippen LogP contribution in [0.2, 0.25) is 0 Å². The number of rotatable bonds is 4. The molecule has 1 heterocycles. The van der Waals surface area contributed by atoms with E-state index in [1.165, 1.54) is 0 Å². The molecule has 1 aromatic heterocycles. The molecular weight excluding hydrogens is 290 g/mol. The van der Waals surface area contributed by atoms with Gasteiger partial charge in [0.15, 0.2) is 5.82 Å². The van der Waals surface area contributed by atoms with Crippen LogP contribution >= 0.6 is 0 Å². The summed E-state index contributed by atoms with van der Waals surface area (Å²) < 4.78 is 56.2.